The summed E-state index contributed by atoms with van der Waals surface area (Å²) in [7, 11) is 0. The number of benzene rings is 1. The maximum absolute atomic E-state index is 11.7. The number of amides is 2. The number of hydrogen-bond donors (Lipinski definition) is 1. The molecule has 1 aromatic rings. The van der Waals surface area contributed by atoms with Crippen molar-refractivity contribution in [3.63, 3.8) is 0 Å². The predicted octanol–water partition coefficient (Wildman–Crippen LogP) is 1.03. The molecule has 0 unspecified atom stereocenters. The number of carbonyl (C=O) groups excluding carboxylic acids is 4. The molecule has 1 aliphatic heterocycles. The Kier molecular flexibility index (Phi) is 5.02. The number of imide groups is 1. The summed E-state index contributed by atoms with van der Waals surface area (Å²) in [6, 6.07) is 5.92. The molecule has 1 fully saturated rings. The van der Waals surface area contributed by atoms with E-state index < -0.39 is 17.8 Å². The maximum Gasteiger partial charge on any atom is 0.358 e. The first-order valence-corrected chi connectivity index (χ1v) is 7.57. The van der Waals surface area contributed by atoms with Gasteiger partial charge in [0, 0.05) is 18.4 Å². The minimum atomic E-state index is -0.754. The van der Waals surface area contributed by atoms with Gasteiger partial charge in [-0.05, 0) is 12.1 Å². The van der Waals surface area contributed by atoms with Crippen LogP contribution in [0.25, 0.3) is 0 Å². The summed E-state index contributed by atoms with van der Waals surface area (Å²) < 4.78 is 0.349. The Labute approximate surface area is 133 Å². The van der Waals surface area contributed by atoms with E-state index in [-0.39, 0.29) is 24.2 Å². The van der Waals surface area contributed by atoms with Gasteiger partial charge >= 0.3 is 5.97 Å². The van der Waals surface area contributed by atoms with Crippen LogP contribution in [0.1, 0.15) is 33.6 Å². The topological polar surface area (TPSA) is 92.8 Å². The van der Waals surface area contributed by atoms with E-state index in [9.17, 15) is 19.2 Å². The van der Waals surface area contributed by atoms with Crippen molar-refractivity contribution in [3.05, 3.63) is 35.4 Å². The van der Waals surface area contributed by atoms with Gasteiger partial charge < -0.3 is 4.84 Å². The van der Waals surface area contributed by atoms with Gasteiger partial charge in [-0.3, -0.25) is 14.4 Å². The highest BCUT2D eigenvalue weighted by atomic mass is 127. The summed E-state index contributed by atoms with van der Waals surface area (Å²) >= 11 is 1.96. The molecule has 0 radical (unpaired) electrons. The molecular weight excluding hydrogens is 391 g/mol. The number of halogens is 1. The first-order valence-electron chi connectivity index (χ1n) is 6.04. The monoisotopic (exact) mass is 402 g/mol. The van der Waals surface area contributed by atoms with Gasteiger partial charge in [-0.1, -0.05) is 40.3 Å². The SMILES string of the molecule is O=C(CI)c1ccc(C(=O)ONN2C(=O)CCC2=O)cc1. The van der Waals surface area contributed by atoms with E-state index in [0.717, 1.165) is 0 Å². The number of nitrogens with zero attached hydrogens (tertiary/aromatic N) is 1. The Bertz CT molecular complexity index is 583. The van der Waals surface area contributed by atoms with Gasteiger partial charge in [0.25, 0.3) is 0 Å². The number of Topliss-reactive ketones (excluding diaryl/α,β-unsaturated/α-hetero) is 1. The molecule has 1 aromatic carbocycles. The van der Waals surface area contributed by atoms with Crippen molar-refractivity contribution in [1.29, 1.82) is 0 Å². The highest BCUT2D eigenvalue weighted by Crippen LogP contribution is 2.10. The van der Waals surface area contributed by atoms with E-state index in [1.807, 2.05) is 28.2 Å². The lowest BCUT2D eigenvalue weighted by Crippen LogP contribution is -2.43. The Morgan fingerprint density at radius 2 is 1.62 bits per heavy atom. The molecule has 1 saturated heterocycles. The minimum absolute atomic E-state index is 0.0399. The van der Waals surface area contributed by atoms with Crippen molar-refractivity contribution in [2.75, 3.05) is 4.43 Å². The number of nitrogens with one attached hydrogen (secondary N) is 1. The molecule has 0 atom stereocenters. The summed E-state index contributed by atoms with van der Waals surface area (Å²) in [6.45, 7) is 0. The van der Waals surface area contributed by atoms with Crippen molar-refractivity contribution in [2.45, 2.75) is 12.8 Å². The molecule has 7 nitrogen and oxygen atoms in total. The molecule has 2 amide bonds. The zero-order chi connectivity index (χ0) is 15.4. The number of rotatable bonds is 5. The standard InChI is InChI=1S/C13H11IN2O5/c14-7-10(17)8-1-3-9(4-2-8)13(20)21-15-16-11(18)5-6-12(16)19/h1-4,15H,5-7H2. The van der Waals surface area contributed by atoms with Crippen molar-refractivity contribution < 1.29 is 24.0 Å². The number of carbonyl (C=O) groups is 4. The van der Waals surface area contributed by atoms with E-state index >= 15 is 0 Å². The second-order valence-electron chi connectivity index (χ2n) is 4.24. The van der Waals surface area contributed by atoms with Crippen LogP contribution in [0, 0.1) is 0 Å². The van der Waals surface area contributed by atoms with Crippen LogP contribution in [-0.4, -0.2) is 33.0 Å². The molecule has 1 aliphatic rings. The number of hydrogen-bond acceptors (Lipinski definition) is 6. The van der Waals surface area contributed by atoms with Crippen LogP contribution < -0.4 is 5.59 Å². The molecule has 0 bridgehead atoms. The van der Waals surface area contributed by atoms with Crippen molar-refractivity contribution in [1.82, 2.24) is 10.6 Å². The van der Waals surface area contributed by atoms with Crippen LogP contribution in [-0.2, 0) is 14.4 Å². The largest absolute Gasteiger partial charge is 0.358 e. The van der Waals surface area contributed by atoms with E-state index in [1.54, 1.807) is 0 Å². The average Bonchev–Trinajstić information content (AvgIpc) is 2.83. The van der Waals surface area contributed by atoms with Crippen molar-refractivity contribution in [2.24, 2.45) is 0 Å². The fraction of sp³-hybridized carbons (Fsp3) is 0.231. The fourth-order valence-electron chi connectivity index (χ4n) is 1.69. The lowest BCUT2D eigenvalue weighted by molar-refractivity contribution is -0.153. The van der Waals surface area contributed by atoms with Crippen LogP contribution >= 0.6 is 22.6 Å². The smallest absolute Gasteiger partial charge is 0.346 e. The van der Waals surface area contributed by atoms with Crippen LogP contribution in [0.4, 0.5) is 0 Å². The van der Waals surface area contributed by atoms with Gasteiger partial charge in [0.1, 0.15) is 0 Å². The zero-order valence-corrected chi connectivity index (χ0v) is 13.0. The van der Waals surface area contributed by atoms with Gasteiger partial charge in [0.05, 0.1) is 9.99 Å². The molecule has 0 spiro atoms. The second kappa shape index (κ2) is 6.76. The van der Waals surface area contributed by atoms with Crippen molar-refractivity contribution >= 4 is 46.2 Å². The molecule has 0 aliphatic carbocycles. The molecular formula is C13H11IN2O5. The fourth-order valence-corrected chi connectivity index (χ4v) is 2.13. The third-order valence-electron chi connectivity index (χ3n) is 2.85. The molecule has 2 rings (SSSR count). The third-order valence-corrected chi connectivity index (χ3v) is 3.54. The van der Waals surface area contributed by atoms with Crippen LogP contribution in [0.2, 0.25) is 0 Å². The zero-order valence-electron chi connectivity index (χ0n) is 10.8. The molecule has 110 valence electrons. The van der Waals surface area contributed by atoms with Gasteiger partial charge in [-0.15, -0.1) is 0 Å². The van der Waals surface area contributed by atoms with E-state index in [2.05, 4.69) is 4.84 Å². The Morgan fingerprint density at radius 1 is 1.10 bits per heavy atom. The van der Waals surface area contributed by atoms with Gasteiger partial charge in [0.15, 0.2) is 5.78 Å². The Hall–Kier alpha value is -1.81. The molecule has 1 N–H and O–H groups in total. The van der Waals surface area contributed by atoms with E-state index in [1.165, 1.54) is 24.3 Å². The molecule has 1 heterocycles. The summed E-state index contributed by atoms with van der Waals surface area (Å²) in [4.78, 5) is 50.5. The summed E-state index contributed by atoms with van der Waals surface area (Å²) in [5.74, 6) is -1.69. The predicted molar refractivity (Wildman–Crippen MR) is 79.3 cm³/mol. The highest BCUT2D eigenvalue weighted by molar-refractivity contribution is 14.1. The molecule has 0 aromatic heterocycles. The average molecular weight is 402 g/mol. The van der Waals surface area contributed by atoms with E-state index in [0.29, 0.717) is 15.0 Å². The minimum Gasteiger partial charge on any atom is -0.346 e. The summed E-state index contributed by atoms with van der Waals surface area (Å²) in [5, 5.41) is 0.672. The van der Waals surface area contributed by atoms with Crippen LogP contribution in [0.3, 0.4) is 0 Å². The molecule has 8 heteroatoms. The first kappa shape index (κ1) is 15.6. The highest BCUT2D eigenvalue weighted by Gasteiger charge is 2.30. The number of ketones is 1. The normalized spacial score (nSPS) is 14.4. The summed E-state index contributed by atoms with van der Waals surface area (Å²) in [5.41, 5.74) is 2.74. The van der Waals surface area contributed by atoms with E-state index in [4.69, 9.17) is 0 Å². The number of alkyl halides is 1. The first-order chi connectivity index (χ1) is 10.0. The van der Waals surface area contributed by atoms with Crippen LogP contribution in [0.15, 0.2) is 24.3 Å². The van der Waals surface area contributed by atoms with Crippen molar-refractivity contribution in [3.8, 4) is 0 Å². The van der Waals surface area contributed by atoms with Gasteiger partial charge in [0.2, 0.25) is 11.8 Å². The quantitative estimate of drug-likeness (QED) is 0.260. The molecule has 0 saturated carbocycles. The summed E-state index contributed by atoms with van der Waals surface area (Å²) in [6.07, 6.45) is 0.187. The van der Waals surface area contributed by atoms with Crippen LogP contribution in [0.5, 0.6) is 0 Å². The molecule has 21 heavy (non-hydrogen) atoms. The Morgan fingerprint density at radius 3 is 2.14 bits per heavy atom. The maximum atomic E-state index is 11.7. The Balaban J connectivity index is 1.96. The third kappa shape index (κ3) is 3.64. The second-order valence-corrected chi connectivity index (χ2v) is 5.00. The lowest BCUT2D eigenvalue weighted by Gasteiger charge is -2.13. The van der Waals surface area contributed by atoms with Gasteiger partial charge in [-0.25, -0.2) is 4.79 Å². The van der Waals surface area contributed by atoms with Gasteiger partial charge in [-0.2, -0.15) is 5.01 Å². The number of hydrazine groups is 1. The lowest BCUT2D eigenvalue weighted by atomic mass is 10.1.